The van der Waals surface area contributed by atoms with Crippen molar-refractivity contribution in [1.82, 2.24) is 14.9 Å². The highest BCUT2D eigenvalue weighted by Crippen LogP contribution is 2.16. The van der Waals surface area contributed by atoms with E-state index in [2.05, 4.69) is 9.97 Å². The Labute approximate surface area is 140 Å². The molecule has 0 aliphatic carbocycles. The smallest absolute Gasteiger partial charge is 0.270 e. The van der Waals surface area contributed by atoms with E-state index in [1.165, 1.54) is 0 Å². The van der Waals surface area contributed by atoms with Gasteiger partial charge in [-0.2, -0.15) is 0 Å². The van der Waals surface area contributed by atoms with E-state index in [0.717, 1.165) is 38.1 Å². The van der Waals surface area contributed by atoms with Crippen LogP contribution >= 0.6 is 0 Å². The number of aryl methyl sites for hydroxylation is 1. The molecule has 1 N–H and O–H groups in total. The Morgan fingerprint density at radius 2 is 2.08 bits per heavy atom. The summed E-state index contributed by atoms with van der Waals surface area (Å²) in [5.41, 5.74) is 1.67. The molecule has 0 unspecified atom stereocenters. The molecule has 1 amide bonds. The van der Waals surface area contributed by atoms with Crippen molar-refractivity contribution in [2.45, 2.75) is 25.7 Å². The van der Waals surface area contributed by atoms with Crippen LogP contribution in [0, 0.1) is 5.92 Å². The molecule has 6 nitrogen and oxygen atoms in total. The van der Waals surface area contributed by atoms with E-state index in [0.29, 0.717) is 30.0 Å². The molecule has 3 rings (SSSR count). The van der Waals surface area contributed by atoms with Crippen LogP contribution in [0.5, 0.6) is 0 Å². The minimum atomic E-state index is -0.214. The molecule has 0 spiro atoms. The Morgan fingerprint density at radius 3 is 2.88 bits per heavy atom. The first kappa shape index (κ1) is 16.6. The number of hydrogen-bond acceptors (Lipinski definition) is 4. The Hall–Kier alpha value is -2.21. The highest BCUT2D eigenvalue weighted by molar-refractivity contribution is 5.76. The van der Waals surface area contributed by atoms with Gasteiger partial charge in [0.15, 0.2) is 0 Å². The second-order valence-corrected chi connectivity index (χ2v) is 6.36. The first-order chi connectivity index (χ1) is 11.6. The molecule has 1 fully saturated rings. The zero-order chi connectivity index (χ0) is 16.9. The molecule has 1 aliphatic rings. The minimum Gasteiger partial charge on any atom is -0.381 e. The Bertz CT molecular complexity index is 765. The largest absolute Gasteiger partial charge is 0.381 e. The van der Waals surface area contributed by atoms with Gasteiger partial charge in [-0.3, -0.25) is 9.59 Å². The second-order valence-electron chi connectivity index (χ2n) is 6.36. The number of nitrogens with one attached hydrogen (secondary N) is 1. The number of aromatic nitrogens is 2. The van der Waals surface area contributed by atoms with Gasteiger partial charge in [-0.25, -0.2) is 4.98 Å². The number of amides is 1. The number of carbonyl (C=O) groups excluding carboxylic acids is 1. The number of rotatable bonds is 5. The summed E-state index contributed by atoms with van der Waals surface area (Å²) in [7, 11) is 1.83. The van der Waals surface area contributed by atoms with E-state index in [9.17, 15) is 9.59 Å². The zero-order valence-corrected chi connectivity index (χ0v) is 14.0. The average molecular weight is 329 g/mol. The Kier molecular flexibility index (Phi) is 5.25. The molecule has 0 bridgehead atoms. The number of H-pyrrole nitrogens is 1. The molecule has 0 atom stereocenters. The highest BCUT2D eigenvalue weighted by atomic mass is 16.5. The third kappa shape index (κ3) is 4.00. The lowest BCUT2D eigenvalue weighted by Crippen LogP contribution is -2.34. The van der Waals surface area contributed by atoms with E-state index < -0.39 is 0 Å². The summed E-state index contributed by atoms with van der Waals surface area (Å²) < 4.78 is 5.35. The zero-order valence-electron chi connectivity index (χ0n) is 14.0. The summed E-state index contributed by atoms with van der Waals surface area (Å²) in [6.07, 6.45) is 2.66. The summed E-state index contributed by atoms with van der Waals surface area (Å²) in [5, 5.41) is 0. The van der Waals surface area contributed by atoms with Crippen LogP contribution in [0.1, 0.15) is 25.0 Å². The first-order valence-corrected chi connectivity index (χ1v) is 8.43. The summed E-state index contributed by atoms with van der Waals surface area (Å²) in [6, 6.07) is 7.41. The van der Waals surface area contributed by atoms with Crippen LogP contribution in [0.15, 0.2) is 29.1 Å². The lowest BCUT2D eigenvalue weighted by Gasteiger charge is -2.27. The van der Waals surface area contributed by atoms with Crippen LogP contribution in [0.3, 0.4) is 0 Å². The normalized spacial score (nSPS) is 15.5. The quantitative estimate of drug-likeness (QED) is 0.907. The molecule has 1 saturated heterocycles. The Morgan fingerprint density at radius 1 is 1.33 bits per heavy atom. The molecular weight excluding hydrogens is 306 g/mol. The van der Waals surface area contributed by atoms with Gasteiger partial charge >= 0.3 is 0 Å². The molecule has 1 aliphatic heterocycles. The molecule has 1 aromatic carbocycles. The van der Waals surface area contributed by atoms with Gasteiger partial charge < -0.3 is 14.6 Å². The molecule has 0 radical (unpaired) electrons. The third-order valence-electron chi connectivity index (χ3n) is 4.54. The van der Waals surface area contributed by atoms with Crippen molar-refractivity contribution in [3.05, 3.63) is 40.3 Å². The van der Waals surface area contributed by atoms with E-state index in [1.54, 1.807) is 4.90 Å². The fourth-order valence-electron chi connectivity index (χ4n) is 3.07. The second kappa shape index (κ2) is 7.57. The van der Waals surface area contributed by atoms with Crippen molar-refractivity contribution in [2.75, 3.05) is 26.8 Å². The molecular formula is C18H23N3O3. The van der Waals surface area contributed by atoms with Gasteiger partial charge in [0.2, 0.25) is 5.91 Å². The number of fused-ring (bicyclic) bond motifs is 1. The van der Waals surface area contributed by atoms with Crippen LogP contribution in [-0.4, -0.2) is 47.6 Å². The molecule has 0 saturated carbocycles. The first-order valence-electron chi connectivity index (χ1n) is 8.43. The predicted octanol–water partition coefficient (Wildman–Crippen LogP) is 1.74. The molecule has 24 heavy (non-hydrogen) atoms. The number of aromatic amines is 1. The monoisotopic (exact) mass is 329 g/mol. The van der Waals surface area contributed by atoms with Crippen molar-refractivity contribution >= 4 is 16.9 Å². The van der Waals surface area contributed by atoms with Gasteiger partial charge in [-0.1, -0.05) is 12.1 Å². The van der Waals surface area contributed by atoms with Gasteiger partial charge in [0, 0.05) is 39.6 Å². The van der Waals surface area contributed by atoms with Crippen molar-refractivity contribution in [2.24, 2.45) is 5.92 Å². The lowest BCUT2D eigenvalue weighted by atomic mass is 10.00. The summed E-state index contributed by atoms with van der Waals surface area (Å²) in [4.78, 5) is 33.4. The van der Waals surface area contributed by atoms with Gasteiger partial charge in [0.25, 0.3) is 5.56 Å². The summed E-state index contributed by atoms with van der Waals surface area (Å²) >= 11 is 0. The summed E-state index contributed by atoms with van der Waals surface area (Å²) in [6.45, 7) is 2.32. The van der Waals surface area contributed by atoms with E-state index in [-0.39, 0.29) is 11.5 Å². The standard InChI is InChI=1S/C18H23N3O3/c1-21(12-13-8-10-24-11-9-13)17(22)7-6-16-18(23)20-15-5-3-2-4-14(15)19-16/h2-5,13H,6-12H2,1H3,(H,20,23). The van der Waals surface area contributed by atoms with E-state index in [4.69, 9.17) is 4.74 Å². The number of carbonyl (C=O) groups is 1. The SMILES string of the molecule is CN(CC1CCOCC1)C(=O)CCc1nc2ccccc2[nH]c1=O. The van der Waals surface area contributed by atoms with Crippen LogP contribution in [0.4, 0.5) is 0 Å². The third-order valence-corrected chi connectivity index (χ3v) is 4.54. The van der Waals surface area contributed by atoms with Crippen molar-refractivity contribution < 1.29 is 9.53 Å². The maximum absolute atomic E-state index is 12.3. The number of ether oxygens (including phenoxy) is 1. The van der Waals surface area contributed by atoms with Crippen molar-refractivity contribution in [3.8, 4) is 0 Å². The fourth-order valence-corrected chi connectivity index (χ4v) is 3.07. The lowest BCUT2D eigenvalue weighted by molar-refractivity contribution is -0.130. The number of nitrogens with zero attached hydrogens (tertiary/aromatic N) is 2. The number of benzene rings is 1. The number of para-hydroxylation sites is 2. The van der Waals surface area contributed by atoms with Crippen molar-refractivity contribution in [1.29, 1.82) is 0 Å². The molecule has 128 valence electrons. The summed E-state index contributed by atoms with van der Waals surface area (Å²) in [5.74, 6) is 0.561. The molecule has 2 heterocycles. The maximum Gasteiger partial charge on any atom is 0.270 e. The maximum atomic E-state index is 12.3. The topological polar surface area (TPSA) is 75.3 Å². The van der Waals surface area contributed by atoms with E-state index in [1.807, 2.05) is 31.3 Å². The highest BCUT2D eigenvalue weighted by Gasteiger charge is 2.19. The molecule has 6 heteroatoms. The van der Waals surface area contributed by atoms with Crippen LogP contribution in [0.2, 0.25) is 0 Å². The minimum absolute atomic E-state index is 0.0517. The molecule has 2 aromatic rings. The van der Waals surface area contributed by atoms with Gasteiger partial charge in [0.1, 0.15) is 5.69 Å². The van der Waals surface area contributed by atoms with Gasteiger partial charge in [0.05, 0.1) is 11.0 Å². The Balaban J connectivity index is 1.59. The van der Waals surface area contributed by atoms with Gasteiger partial charge in [-0.05, 0) is 30.9 Å². The van der Waals surface area contributed by atoms with Gasteiger partial charge in [-0.15, -0.1) is 0 Å². The molecule has 1 aromatic heterocycles. The number of hydrogen-bond donors (Lipinski definition) is 1. The fraction of sp³-hybridized carbons (Fsp3) is 0.500. The predicted molar refractivity (Wildman–Crippen MR) is 91.9 cm³/mol. The van der Waals surface area contributed by atoms with Crippen molar-refractivity contribution in [3.63, 3.8) is 0 Å². The van der Waals surface area contributed by atoms with Crippen LogP contribution in [-0.2, 0) is 16.0 Å². The van der Waals surface area contributed by atoms with Crippen LogP contribution in [0.25, 0.3) is 11.0 Å². The average Bonchev–Trinajstić information content (AvgIpc) is 2.60. The van der Waals surface area contributed by atoms with E-state index >= 15 is 0 Å². The van der Waals surface area contributed by atoms with Crippen LogP contribution < -0.4 is 5.56 Å².